The summed E-state index contributed by atoms with van der Waals surface area (Å²) in [6.45, 7) is 2.19. The van der Waals surface area contributed by atoms with Gasteiger partial charge in [0, 0.05) is 16.5 Å². The molecule has 0 radical (unpaired) electrons. The van der Waals surface area contributed by atoms with Gasteiger partial charge in [-0.3, -0.25) is 0 Å². The zero-order valence-electron chi connectivity index (χ0n) is 23.3. The average Bonchev–Trinajstić information content (AvgIpc) is 3.38. The van der Waals surface area contributed by atoms with E-state index in [2.05, 4.69) is 157 Å². The molecule has 0 aliphatic rings. The molecule has 1 heteroatoms. The first-order valence-corrected chi connectivity index (χ1v) is 14.6. The van der Waals surface area contributed by atoms with Crippen LogP contribution in [0.2, 0.25) is 0 Å². The zero-order valence-corrected chi connectivity index (χ0v) is 23.3. The molecule has 0 N–H and O–H groups in total. The van der Waals surface area contributed by atoms with Crippen LogP contribution in [0.15, 0.2) is 146 Å². The number of para-hydroxylation sites is 2. The largest absolute Gasteiger partial charge is 0.309 e. The summed E-state index contributed by atoms with van der Waals surface area (Å²) in [4.78, 5) is 0. The van der Waals surface area contributed by atoms with Gasteiger partial charge in [0.05, 0.1) is 11.0 Å². The second-order valence-corrected chi connectivity index (χ2v) is 11.4. The van der Waals surface area contributed by atoms with Crippen molar-refractivity contribution in [2.75, 3.05) is 0 Å². The first-order chi connectivity index (χ1) is 20.8. The topological polar surface area (TPSA) is 4.93 Å². The Kier molecular flexibility index (Phi) is 4.88. The van der Waals surface area contributed by atoms with Gasteiger partial charge >= 0.3 is 0 Å². The Morgan fingerprint density at radius 3 is 1.69 bits per heavy atom. The smallest absolute Gasteiger partial charge is 0.0541 e. The number of hydrogen-bond donors (Lipinski definition) is 0. The van der Waals surface area contributed by atoms with Gasteiger partial charge in [-0.15, -0.1) is 0 Å². The van der Waals surface area contributed by atoms with Gasteiger partial charge in [0.1, 0.15) is 0 Å². The van der Waals surface area contributed by atoms with Crippen molar-refractivity contribution in [2.24, 2.45) is 0 Å². The fraction of sp³-hybridized carbons (Fsp3) is 0.0244. The summed E-state index contributed by atoms with van der Waals surface area (Å²) >= 11 is 0. The minimum absolute atomic E-state index is 1.17. The Bertz CT molecular complexity index is 2460. The second kappa shape index (κ2) is 8.80. The summed E-state index contributed by atoms with van der Waals surface area (Å²) in [6.07, 6.45) is 0. The van der Waals surface area contributed by atoms with Crippen LogP contribution >= 0.6 is 0 Å². The Labute approximate surface area is 243 Å². The lowest BCUT2D eigenvalue weighted by atomic mass is 9.86. The van der Waals surface area contributed by atoms with Crippen molar-refractivity contribution in [3.05, 3.63) is 151 Å². The van der Waals surface area contributed by atoms with Crippen molar-refractivity contribution in [3.63, 3.8) is 0 Å². The van der Waals surface area contributed by atoms with E-state index in [1.807, 2.05) is 0 Å². The van der Waals surface area contributed by atoms with Gasteiger partial charge < -0.3 is 4.57 Å². The summed E-state index contributed by atoms with van der Waals surface area (Å²) in [5.41, 5.74) is 7.45. The molecule has 9 aromatic rings. The minimum atomic E-state index is 1.17. The number of benzene rings is 8. The summed E-state index contributed by atoms with van der Waals surface area (Å²) in [6, 6.07) is 53.6. The van der Waals surface area contributed by atoms with Crippen LogP contribution < -0.4 is 0 Å². The quantitative estimate of drug-likeness (QED) is 0.154. The van der Waals surface area contributed by atoms with Gasteiger partial charge in [-0.05, 0) is 91.5 Å². The highest BCUT2D eigenvalue weighted by Crippen LogP contribution is 2.44. The molecule has 0 bridgehead atoms. The lowest BCUT2D eigenvalue weighted by Crippen LogP contribution is -1.94. The summed E-state index contributed by atoms with van der Waals surface area (Å²) in [7, 11) is 0. The molecule has 196 valence electrons. The molecule has 0 unspecified atom stereocenters. The fourth-order valence-electron chi connectivity index (χ4n) is 7.17. The third-order valence-corrected chi connectivity index (χ3v) is 9.00. The lowest BCUT2D eigenvalue weighted by Gasteiger charge is -2.18. The molecule has 0 aliphatic carbocycles. The number of aryl methyl sites for hydroxylation is 1. The van der Waals surface area contributed by atoms with Crippen LogP contribution in [0.4, 0.5) is 0 Å². The molecule has 0 saturated carbocycles. The lowest BCUT2D eigenvalue weighted by molar-refractivity contribution is 1.18. The van der Waals surface area contributed by atoms with Crippen molar-refractivity contribution in [1.82, 2.24) is 4.57 Å². The van der Waals surface area contributed by atoms with E-state index in [-0.39, 0.29) is 0 Å². The fourth-order valence-corrected chi connectivity index (χ4v) is 7.17. The highest BCUT2D eigenvalue weighted by atomic mass is 15.0. The molecule has 1 nitrogen and oxygen atoms in total. The van der Waals surface area contributed by atoms with Gasteiger partial charge in [0.25, 0.3) is 0 Å². The molecule has 1 aromatic heterocycles. The average molecular weight is 534 g/mol. The van der Waals surface area contributed by atoms with Gasteiger partial charge in [0.15, 0.2) is 0 Å². The Morgan fingerprint density at radius 1 is 0.405 bits per heavy atom. The maximum atomic E-state index is 2.40. The zero-order chi connectivity index (χ0) is 27.8. The Balaban J connectivity index is 1.38. The number of rotatable bonds is 2. The van der Waals surface area contributed by atoms with E-state index in [1.54, 1.807) is 0 Å². The normalized spacial score (nSPS) is 11.9. The van der Waals surface area contributed by atoms with Gasteiger partial charge in [-0.25, -0.2) is 0 Å². The molecule has 9 rings (SSSR count). The van der Waals surface area contributed by atoms with Gasteiger partial charge in [0.2, 0.25) is 0 Å². The maximum absolute atomic E-state index is 2.40. The molecule has 0 spiro atoms. The van der Waals surface area contributed by atoms with Crippen LogP contribution in [0.25, 0.3) is 81.7 Å². The number of nitrogens with zero attached hydrogens (tertiary/aromatic N) is 1. The van der Waals surface area contributed by atoms with E-state index in [0.717, 1.165) is 0 Å². The van der Waals surface area contributed by atoms with E-state index in [9.17, 15) is 0 Å². The van der Waals surface area contributed by atoms with E-state index in [1.165, 1.54) is 87.3 Å². The monoisotopic (exact) mass is 533 g/mol. The molecule has 0 amide bonds. The van der Waals surface area contributed by atoms with Crippen molar-refractivity contribution in [1.29, 1.82) is 0 Å². The number of fused-ring (bicyclic) bond motifs is 10. The molecular formula is C41H27N. The van der Waals surface area contributed by atoms with Crippen LogP contribution in [0.3, 0.4) is 0 Å². The summed E-state index contributed by atoms with van der Waals surface area (Å²) in [5.74, 6) is 0. The molecule has 0 atom stereocenters. The van der Waals surface area contributed by atoms with Crippen LogP contribution in [-0.4, -0.2) is 4.57 Å². The van der Waals surface area contributed by atoms with Crippen LogP contribution in [0, 0.1) is 6.92 Å². The van der Waals surface area contributed by atoms with E-state index in [0.29, 0.717) is 0 Å². The predicted octanol–water partition coefficient (Wildman–Crippen LogP) is 11.4. The van der Waals surface area contributed by atoms with E-state index in [4.69, 9.17) is 0 Å². The SMILES string of the molecule is Cc1ccc2c3ccccc3c3c(-c4ccc(-n5c6ccccc6c6ccccc65)cc4)c4ccccc4cc3c2c1. The molecule has 0 fully saturated rings. The van der Waals surface area contributed by atoms with Crippen LogP contribution in [-0.2, 0) is 0 Å². The van der Waals surface area contributed by atoms with Crippen molar-refractivity contribution >= 4 is 64.9 Å². The van der Waals surface area contributed by atoms with Gasteiger partial charge in [-0.2, -0.15) is 0 Å². The molecule has 0 saturated heterocycles. The minimum Gasteiger partial charge on any atom is -0.309 e. The third kappa shape index (κ3) is 3.25. The van der Waals surface area contributed by atoms with Crippen molar-refractivity contribution in [2.45, 2.75) is 6.92 Å². The first-order valence-electron chi connectivity index (χ1n) is 14.6. The molecule has 42 heavy (non-hydrogen) atoms. The maximum Gasteiger partial charge on any atom is 0.0541 e. The standard InChI is InChI=1S/C41H27N/c1-26-18-23-32-31-12-4-5-15-35(31)41-37(36(32)24-26)25-28-10-2-3-11-30(28)40(41)27-19-21-29(22-20-27)42-38-16-8-6-13-33(38)34-14-7-9-17-39(34)42/h2-25H,1H3. The van der Waals surface area contributed by atoms with Crippen molar-refractivity contribution < 1.29 is 0 Å². The molecule has 0 aliphatic heterocycles. The number of aromatic nitrogens is 1. The van der Waals surface area contributed by atoms with Gasteiger partial charge in [-0.1, -0.05) is 121 Å². The Hall–Kier alpha value is -5.40. The molecule has 1 heterocycles. The first kappa shape index (κ1) is 23.3. The summed E-state index contributed by atoms with van der Waals surface area (Å²) in [5, 5.41) is 13.0. The molecule has 8 aromatic carbocycles. The predicted molar refractivity (Wildman–Crippen MR) is 181 cm³/mol. The Morgan fingerprint density at radius 2 is 0.976 bits per heavy atom. The van der Waals surface area contributed by atoms with E-state index < -0.39 is 0 Å². The van der Waals surface area contributed by atoms with Crippen LogP contribution in [0.5, 0.6) is 0 Å². The van der Waals surface area contributed by atoms with E-state index >= 15 is 0 Å². The van der Waals surface area contributed by atoms with Crippen LogP contribution in [0.1, 0.15) is 5.56 Å². The third-order valence-electron chi connectivity index (χ3n) is 9.00. The second-order valence-electron chi connectivity index (χ2n) is 11.4. The highest BCUT2D eigenvalue weighted by molar-refractivity contribution is 6.32. The summed E-state index contributed by atoms with van der Waals surface area (Å²) < 4.78 is 2.39. The highest BCUT2D eigenvalue weighted by Gasteiger charge is 2.17. The van der Waals surface area contributed by atoms with Crippen molar-refractivity contribution in [3.8, 4) is 16.8 Å². The number of hydrogen-bond acceptors (Lipinski definition) is 0. The molecular weight excluding hydrogens is 506 g/mol.